The highest BCUT2D eigenvalue weighted by atomic mass is 35.5. The van der Waals surface area contributed by atoms with Gasteiger partial charge in [-0.1, -0.05) is 47.5 Å². The summed E-state index contributed by atoms with van der Waals surface area (Å²) in [4.78, 5) is 10.3. The highest BCUT2D eigenvalue weighted by Crippen LogP contribution is 2.29. The predicted molar refractivity (Wildman–Crippen MR) is 69.7 cm³/mol. The van der Waals surface area contributed by atoms with E-state index < -0.39 is 10.7 Å². The molecule has 0 saturated carbocycles. The zero-order valence-electron chi connectivity index (χ0n) is 8.65. The molecule has 0 aromatic heterocycles. The maximum atomic E-state index is 11.4. The van der Waals surface area contributed by atoms with E-state index in [2.05, 4.69) is 5.32 Å². The van der Waals surface area contributed by atoms with E-state index in [-0.39, 0.29) is 5.75 Å². The maximum absolute atomic E-state index is 11.4. The van der Waals surface area contributed by atoms with Gasteiger partial charge in [0.25, 0.3) is 5.91 Å². The summed E-state index contributed by atoms with van der Waals surface area (Å²) in [5, 5.41) is 13.7. The van der Waals surface area contributed by atoms with Gasteiger partial charge in [-0.25, -0.2) is 0 Å². The zero-order chi connectivity index (χ0) is 12.4. The molecular weight excluding hydrogens is 261 g/mol. The van der Waals surface area contributed by atoms with Gasteiger partial charge in [0.1, 0.15) is 5.75 Å². The van der Waals surface area contributed by atoms with Crippen LogP contribution in [0.1, 0.15) is 0 Å². The number of carbonyl (C=O) groups excluding carboxylic acids is 1. The van der Waals surface area contributed by atoms with Crippen LogP contribution in [0.25, 0.3) is 10.8 Å². The summed E-state index contributed by atoms with van der Waals surface area (Å²) in [6.45, 7) is 0. The van der Waals surface area contributed by atoms with Gasteiger partial charge in [-0.15, -0.1) is 0 Å². The summed E-state index contributed by atoms with van der Waals surface area (Å²) in [6.07, 6.45) is 0. The fourth-order valence-corrected chi connectivity index (χ4v) is 1.70. The molecule has 0 bridgehead atoms. The van der Waals surface area contributed by atoms with Crippen LogP contribution in [0.2, 0.25) is 0 Å². The van der Waals surface area contributed by atoms with Crippen LogP contribution in [-0.4, -0.2) is 15.8 Å². The molecule has 0 spiro atoms. The number of phenols is 1. The number of benzene rings is 2. The summed E-state index contributed by atoms with van der Waals surface area (Å²) in [7, 11) is 0. The predicted octanol–water partition coefficient (Wildman–Crippen LogP) is 3.29. The van der Waals surface area contributed by atoms with Crippen LogP contribution in [0.4, 0.5) is 5.69 Å². The van der Waals surface area contributed by atoms with Crippen molar-refractivity contribution in [1.29, 1.82) is 0 Å². The summed E-state index contributed by atoms with van der Waals surface area (Å²) in [6, 6.07) is 10.3. The largest absolute Gasteiger partial charge is 0.507 e. The van der Waals surface area contributed by atoms with Crippen LogP contribution in [0.15, 0.2) is 36.4 Å². The van der Waals surface area contributed by atoms with Gasteiger partial charge in [0, 0.05) is 16.5 Å². The number of halogens is 2. The van der Waals surface area contributed by atoms with Crippen molar-refractivity contribution >= 4 is 45.6 Å². The number of alkyl halides is 2. The van der Waals surface area contributed by atoms with Gasteiger partial charge in [-0.2, -0.15) is 0 Å². The Balaban J connectivity index is 2.48. The smallest absolute Gasteiger partial charge is 0.257 e. The third-order valence-electron chi connectivity index (χ3n) is 2.36. The summed E-state index contributed by atoms with van der Waals surface area (Å²) >= 11 is 10.9. The van der Waals surface area contributed by atoms with Gasteiger partial charge in [-0.05, 0) is 12.1 Å². The van der Waals surface area contributed by atoms with Crippen LogP contribution in [-0.2, 0) is 4.79 Å². The number of amides is 1. The van der Waals surface area contributed by atoms with Crippen molar-refractivity contribution in [3.8, 4) is 5.75 Å². The molecule has 0 atom stereocenters. The second-order valence-corrected chi connectivity index (χ2v) is 4.56. The van der Waals surface area contributed by atoms with E-state index in [1.54, 1.807) is 36.4 Å². The minimum atomic E-state index is -1.12. The lowest BCUT2D eigenvalue weighted by molar-refractivity contribution is -0.114. The Morgan fingerprint density at radius 1 is 1.12 bits per heavy atom. The third kappa shape index (κ3) is 2.46. The van der Waals surface area contributed by atoms with Crippen molar-refractivity contribution in [3.63, 3.8) is 0 Å². The number of nitrogens with one attached hydrogen (secondary N) is 1. The van der Waals surface area contributed by atoms with E-state index >= 15 is 0 Å². The minimum Gasteiger partial charge on any atom is -0.507 e. The molecule has 88 valence electrons. The monoisotopic (exact) mass is 269 g/mol. The molecule has 5 heteroatoms. The molecule has 0 aliphatic rings. The van der Waals surface area contributed by atoms with Gasteiger partial charge >= 0.3 is 0 Å². The number of rotatable bonds is 2. The van der Waals surface area contributed by atoms with Crippen LogP contribution in [0.3, 0.4) is 0 Å². The number of carbonyl (C=O) groups is 1. The molecule has 1 amide bonds. The number of anilines is 1. The topological polar surface area (TPSA) is 49.3 Å². The molecule has 0 saturated heterocycles. The van der Waals surface area contributed by atoms with E-state index in [0.717, 1.165) is 5.39 Å². The van der Waals surface area contributed by atoms with Gasteiger partial charge in [0.2, 0.25) is 0 Å². The summed E-state index contributed by atoms with van der Waals surface area (Å²) in [5.41, 5.74) is 0.565. The number of hydrogen-bond donors (Lipinski definition) is 2. The Morgan fingerprint density at radius 2 is 1.76 bits per heavy atom. The second-order valence-electron chi connectivity index (χ2n) is 3.47. The number of aromatic hydroxyl groups is 1. The Kier molecular flexibility index (Phi) is 3.41. The lowest BCUT2D eigenvalue weighted by Crippen LogP contribution is -2.18. The van der Waals surface area contributed by atoms with Crippen molar-refractivity contribution in [2.24, 2.45) is 0 Å². The van der Waals surface area contributed by atoms with Crippen molar-refractivity contribution in [2.45, 2.75) is 4.84 Å². The van der Waals surface area contributed by atoms with Crippen molar-refractivity contribution in [2.75, 3.05) is 5.32 Å². The number of phenolic OH excluding ortho intramolecular Hbond substituents is 1. The van der Waals surface area contributed by atoms with Crippen LogP contribution in [0.5, 0.6) is 5.75 Å². The molecule has 0 aliphatic carbocycles. The summed E-state index contributed by atoms with van der Waals surface area (Å²) < 4.78 is 0. The van der Waals surface area contributed by atoms with Crippen molar-refractivity contribution in [1.82, 2.24) is 0 Å². The van der Waals surface area contributed by atoms with E-state index in [9.17, 15) is 9.90 Å². The number of hydrogen-bond acceptors (Lipinski definition) is 2. The first kappa shape index (κ1) is 12.0. The Bertz CT molecular complexity index is 569. The molecular formula is C12H9Cl2NO2. The first-order chi connectivity index (χ1) is 8.09. The average molecular weight is 270 g/mol. The van der Waals surface area contributed by atoms with E-state index in [1.165, 1.54) is 0 Å². The van der Waals surface area contributed by atoms with Crippen LogP contribution < -0.4 is 5.32 Å². The van der Waals surface area contributed by atoms with Crippen LogP contribution >= 0.6 is 23.2 Å². The third-order valence-corrected chi connectivity index (χ3v) is 2.75. The Labute approximate surface area is 108 Å². The van der Waals surface area contributed by atoms with Crippen molar-refractivity contribution < 1.29 is 9.90 Å². The first-order valence-electron chi connectivity index (χ1n) is 4.89. The maximum Gasteiger partial charge on any atom is 0.257 e. The molecule has 0 heterocycles. The normalized spacial score (nSPS) is 10.8. The first-order valence-corrected chi connectivity index (χ1v) is 5.76. The SMILES string of the molecule is O=C(Nc1cccc2c(O)cccc12)C(Cl)Cl. The number of fused-ring (bicyclic) bond motifs is 1. The molecule has 17 heavy (non-hydrogen) atoms. The Morgan fingerprint density at radius 3 is 2.47 bits per heavy atom. The zero-order valence-corrected chi connectivity index (χ0v) is 10.2. The van der Waals surface area contributed by atoms with Crippen molar-refractivity contribution in [3.05, 3.63) is 36.4 Å². The molecule has 0 aliphatic heterocycles. The van der Waals surface area contributed by atoms with Crippen LogP contribution in [0, 0.1) is 0 Å². The summed E-state index contributed by atoms with van der Waals surface area (Å²) in [5.74, 6) is -0.337. The second kappa shape index (κ2) is 4.82. The molecule has 2 N–H and O–H groups in total. The molecule has 0 fully saturated rings. The standard InChI is InChI=1S/C12H9Cl2NO2/c13-11(14)12(17)15-9-5-1-4-8-7(9)3-2-6-10(8)16/h1-6,11,16H,(H,15,17). The Hall–Kier alpha value is -1.45. The van der Waals surface area contributed by atoms with E-state index in [4.69, 9.17) is 23.2 Å². The van der Waals surface area contributed by atoms with Gasteiger partial charge in [0.05, 0.1) is 0 Å². The fraction of sp³-hybridized carbons (Fsp3) is 0.0833. The lowest BCUT2D eigenvalue weighted by Gasteiger charge is -2.09. The highest BCUT2D eigenvalue weighted by Gasteiger charge is 2.13. The minimum absolute atomic E-state index is 0.159. The molecule has 0 radical (unpaired) electrons. The van der Waals surface area contributed by atoms with Gasteiger partial charge in [-0.3, -0.25) is 4.79 Å². The quantitative estimate of drug-likeness (QED) is 0.822. The average Bonchev–Trinajstić information content (AvgIpc) is 2.30. The fourth-order valence-electron chi connectivity index (χ4n) is 1.59. The molecule has 2 aromatic carbocycles. The molecule has 2 rings (SSSR count). The lowest BCUT2D eigenvalue weighted by atomic mass is 10.1. The molecule has 0 unspecified atom stereocenters. The van der Waals surface area contributed by atoms with Gasteiger partial charge < -0.3 is 10.4 Å². The molecule has 3 nitrogen and oxygen atoms in total. The van der Waals surface area contributed by atoms with E-state index in [1.807, 2.05) is 0 Å². The van der Waals surface area contributed by atoms with E-state index in [0.29, 0.717) is 11.1 Å². The molecule has 2 aromatic rings. The van der Waals surface area contributed by atoms with Gasteiger partial charge in [0.15, 0.2) is 4.84 Å². The highest BCUT2D eigenvalue weighted by molar-refractivity contribution is 6.54.